The van der Waals surface area contributed by atoms with Crippen LogP contribution in [0.5, 0.6) is 11.5 Å². The second-order valence-electron chi connectivity index (χ2n) is 11.3. The molecule has 10 nitrogen and oxygen atoms in total. The monoisotopic (exact) mass is 644 g/mol. The van der Waals surface area contributed by atoms with E-state index in [9.17, 15) is 9.59 Å². The third-order valence-corrected chi connectivity index (χ3v) is 9.44. The molecule has 0 fully saturated rings. The van der Waals surface area contributed by atoms with Gasteiger partial charge in [0.05, 0.1) is 31.0 Å². The SMILES string of the molecule is COc1cc2c(cc1OC)CN(CCc1ccc(NC(=O)c3sc4nccnc4c3NC(=O)c3cnc4ccccc4c3)cc1)CC2. The molecule has 47 heavy (non-hydrogen) atoms. The molecule has 1 aliphatic heterocycles. The minimum atomic E-state index is -0.386. The van der Waals surface area contributed by atoms with E-state index in [-0.39, 0.29) is 11.8 Å². The van der Waals surface area contributed by atoms with Crippen LogP contribution < -0.4 is 20.1 Å². The smallest absolute Gasteiger partial charge is 0.268 e. The number of methoxy groups -OCH3 is 2. The maximum Gasteiger partial charge on any atom is 0.268 e. The maximum absolute atomic E-state index is 13.6. The van der Waals surface area contributed by atoms with Gasteiger partial charge in [0.2, 0.25) is 0 Å². The maximum atomic E-state index is 13.6. The first-order chi connectivity index (χ1) is 23.0. The summed E-state index contributed by atoms with van der Waals surface area (Å²) in [5, 5.41) is 6.73. The minimum absolute atomic E-state index is 0.317. The molecule has 0 spiro atoms. The number of fused-ring (bicyclic) bond motifs is 3. The molecular weight excluding hydrogens is 613 g/mol. The van der Waals surface area contributed by atoms with Gasteiger partial charge in [-0.2, -0.15) is 0 Å². The molecule has 7 rings (SSSR count). The summed E-state index contributed by atoms with van der Waals surface area (Å²) in [5.74, 6) is 0.786. The quantitative estimate of drug-likeness (QED) is 0.187. The summed E-state index contributed by atoms with van der Waals surface area (Å²) >= 11 is 1.18. The Morgan fingerprint density at radius 1 is 0.872 bits per heavy atom. The normalized spacial score (nSPS) is 12.9. The molecule has 3 aromatic heterocycles. The second kappa shape index (κ2) is 13.1. The molecule has 0 radical (unpaired) electrons. The van der Waals surface area contributed by atoms with Crippen LogP contribution in [0.2, 0.25) is 0 Å². The number of rotatable bonds is 9. The third kappa shape index (κ3) is 6.35. The first-order valence-electron chi connectivity index (χ1n) is 15.2. The zero-order valence-electron chi connectivity index (χ0n) is 25.9. The topological polar surface area (TPSA) is 119 Å². The molecule has 0 atom stereocenters. The van der Waals surface area contributed by atoms with Crippen LogP contribution in [0.4, 0.5) is 11.4 Å². The Labute approximate surface area is 275 Å². The van der Waals surface area contributed by atoms with Gasteiger partial charge in [-0.3, -0.25) is 19.5 Å². The van der Waals surface area contributed by atoms with E-state index in [0.29, 0.717) is 32.2 Å². The van der Waals surface area contributed by atoms with Crippen molar-refractivity contribution in [3.63, 3.8) is 0 Å². The van der Waals surface area contributed by atoms with Crippen molar-refractivity contribution in [3.8, 4) is 11.5 Å². The van der Waals surface area contributed by atoms with Crippen LogP contribution in [0.1, 0.15) is 36.7 Å². The lowest BCUT2D eigenvalue weighted by Gasteiger charge is -2.29. The predicted molar refractivity (Wildman–Crippen MR) is 184 cm³/mol. The number of thiophene rings is 1. The van der Waals surface area contributed by atoms with Gasteiger partial charge >= 0.3 is 0 Å². The van der Waals surface area contributed by atoms with Crippen LogP contribution in [0, 0.1) is 0 Å². The largest absolute Gasteiger partial charge is 0.493 e. The first-order valence-corrected chi connectivity index (χ1v) is 16.1. The zero-order chi connectivity index (χ0) is 32.3. The highest BCUT2D eigenvalue weighted by atomic mass is 32.1. The van der Waals surface area contributed by atoms with Crippen molar-refractivity contribution in [3.05, 3.63) is 112 Å². The van der Waals surface area contributed by atoms with Crippen LogP contribution in [-0.4, -0.2) is 59.0 Å². The highest BCUT2D eigenvalue weighted by Crippen LogP contribution is 2.35. The second-order valence-corrected chi connectivity index (χ2v) is 12.3. The summed E-state index contributed by atoms with van der Waals surface area (Å²) in [4.78, 5) is 43.4. The average Bonchev–Trinajstić information content (AvgIpc) is 3.48. The summed E-state index contributed by atoms with van der Waals surface area (Å²) in [5.41, 5.74) is 6.35. The number of para-hydroxylation sites is 1. The highest BCUT2D eigenvalue weighted by molar-refractivity contribution is 7.21. The first kappa shape index (κ1) is 30.3. The standard InChI is InChI=1S/C36H32N6O4S/c1-45-29-18-23-12-16-42(21-26(23)19-30(29)46-2)15-11-22-7-9-27(10-8-22)40-35(44)33-31(32-36(47-33)38-14-13-37-32)41-34(43)25-17-24-5-3-4-6-28(24)39-20-25/h3-10,13-14,17-20H,11-12,15-16,21H2,1-2H3,(H,40,44)(H,41,43). The molecular formula is C36H32N6O4S. The lowest BCUT2D eigenvalue weighted by atomic mass is 9.98. The Morgan fingerprint density at radius 3 is 2.45 bits per heavy atom. The Hall–Kier alpha value is -5.39. The molecule has 2 N–H and O–H groups in total. The molecule has 3 aromatic carbocycles. The number of ether oxygens (including phenoxy) is 2. The van der Waals surface area contributed by atoms with Crippen molar-refractivity contribution in [1.82, 2.24) is 19.9 Å². The van der Waals surface area contributed by atoms with E-state index in [2.05, 4.69) is 42.6 Å². The summed E-state index contributed by atoms with van der Waals surface area (Å²) in [6.45, 7) is 2.75. The zero-order valence-corrected chi connectivity index (χ0v) is 26.8. The fourth-order valence-electron chi connectivity index (χ4n) is 5.85. The summed E-state index contributed by atoms with van der Waals surface area (Å²) < 4.78 is 11.0. The van der Waals surface area contributed by atoms with Gasteiger partial charge in [-0.25, -0.2) is 9.97 Å². The summed E-state index contributed by atoms with van der Waals surface area (Å²) in [6.07, 6.45) is 6.47. The molecule has 0 saturated heterocycles. The predicted octanol–water partition coefficient (Wildman–Crippen LogP) is 6.36. The molecule has 0 aliphatic carbocycles. The van der Waals surface area contributed by atoms with Crippen LogP contribution in [0.3, 0.4) is 0 Å². The van der Waals surface area contributed by atoms with Gasteiger partial charge in [-0.1, -0.05) is 30.3 Å². The number of benzene rings is 3. The highest BCUT2D eigenvalue weighted by Gasteiger charge is 2.23. The number of anilines is 2. The van der Waals surface area contributed by atoms with Crippen LogP contribution in [0.25, 0.3) is 21.3 Å². The van der Waals surface area contributed by atoms with E-state index in [1.54, 1.807) is 32.7 Å². The van der Waals surface area contributed by atoms with E-state index in [1.807, 2.05) is 48.5 Å². The molecule has 4 heterocycles. The molecule has 0 unspecified atom stereocenters. The summed E-state index contributed by atoms with van der Waals surface area (Å²) in [7, 11) is 3.33. The van der Waals surface area contributed by atoms with Gasteiger partial charge in [-0.15, -0.1) is 11.3 Å². The van der Waals surface area contributed by atoms with Crippen molar-refractivity contribution in [2.75, 3.05) is 37.9 Å². The van der Waals surface area contributed by atoms with E-state index in [4.69, 9.17) is 9.47 Å². The lowest BCUT2D eigenvalue weighted by molar-refractivity contribution is 0.102. The summed E-state index contributed by atoms with van der Waals surface area (Å²) in [6, 6.07) is 21.4. The number of aromatic nitrogens is 3. The van der Waals surface area contributed by atoms with Gasteiger partial charge < -0.3 is 20.1 Å². The van der Waals surface area contributed by atoms with E-state index >= 15 is 0 Å². The Kier molecular flexibility index (Phi) is 8.47. The number of amides is 2. The molecule has 11 heteroatoms. The van der Waals surface area contributed by atoms with Crippen molar-refractivity contribution < 1.29 is 19.1 Å². The van der Waals surface area contributed by atoms with E-state index in [1.165, 1.54) is 34.2 Å². The van der Waals surface area contributed by atoms with Gasteiger partial charge in [0.1, 0.15) is 15.2 Å². The molecule has 2 amide bonds. The number of nitrogens with one attached hydrogen (secondary N) is 2. The number of pyridine rings is 1. The van der Waals surface area contributed by atoms with Gasteiger partial charge in [0, 0.05) is 49.3 Å². The molecule has 236 valence electrons. The number of hydrogen-bond donors (Lipinski definition) is 2. The lowest BCUT2D eigenvalue weighted by Crippen LogP contribution is -2.32. The number of carbonyl (C=O) groups is 2. The van der Waals surface area contributed by atoms with E-state index in [0.717, 1.165) is 54.9 Å². The number of carbonyl (C=O) groups excluding carboxylic acids is 2. The van der Waals surface area contributed by atoms with Crippen LogP contribution in [0.15, 0.2) is 85.3 Å². The Morgan fingerprint density at radius 2 is 1.64 bits per heavy atom. The fourth-order valence-corrected chi connectivity index (χ4v) is 6.80. The van der Waals surface area contributed by atoms with Crippen LogP contribution in [-0.2, 0) is 19.4 Å². The van der Waals surface area contributed by atoms with E-state index < -0.39 is 0 Å². The Balaban J connectivity index is 1.02. The average molecular weight is 645 g/mol. The van der Waals surface area contributed by atoms with Crippen molar-refractivity contribution in [2.24, 2.45) is 0 Å². The molecule has 0 saturated carbocycles. The van der Waals surface area contributed by atoms with Gasteiger partial charge in [-0.05, 0) is 65.9 Å². The third-order valence-electron chi connectivity index (χ3n) is 8.35. The van der Waals surface area contributed by atoms with Crippen molar-refractivity contribution in [1.29, 1.82) is 0 Å². The van der Waals surface area contributed by atoms with Crippen molar-refractivity contribution >= 4 is 55.8 Å². The fraction of sp³-hybridized carbons (Fsp3) is 0.194. The minimum Gasteiger partial charge on any atom is -0.493 e. The van der Waals surface area contributed by atoms with Gasteiger partial charge in [0.25, 0.3) is 11.8 Å². The molecule has 0 bridgehead atoms. The van der Waals surface area contributed by atoms with Crippen LogP contribution >= 0.6 is 11.3 Å². The number of hydrogen-bond acceptors (Lipinski definition) is 9. The molecule has 6 aromatic rings. The van der Waals surface area contributed by atoms with Crippen molar-refractivity contribution in [2.45, 2.75) is 19.4 Å². The number of nitrogens with zero attached hydrogens (tertiary/aromatic N) is 4. The van der Waals surface area contributed by atoms with Gasteiger partial charge in [0.15, 0.2) is 11.5 Å². The Bertz CT molecular complexity index is 2110. The molecule has 1 aliphatic rings.